The lowest BCUT2D eigenvalue weighted by molar-refractivity contribution is -0.152. The van der Waals surface area contributed by atoms with Crippen LogP contribution in [0.3, 0.4) is 0 Å². The van der Waals surface area contributed by atoms with Gasteiger partial charge in [0.05, 0.1) is 14.2 Å². The van der Waals surface area contributed by atoms with Crippen LogP contribution in [0.5, 0.6) is 0 Å². The summed E-state index contributed by atoms with van der Waals surface area (Å²) < 4.78 is 9.31. The molecule has 1 saturated heterocycles. The minimum absolute atomic E-state index is 0.0632. The van der Waals surface area contributed by atoms with E-state index in [-0.39, 0.29) is 11.8 Å². The van der Waals surface area contributed by atoms with Gasteiger partial charge in [-0.1, -0.05) is 12.2 Å². The molecule has 1 aliphatic heterocycles. The summed E-state index contributed by atoms with van der Waals surface area (Å²) in [6.45, 7) is 3.80. The van der Waals surface area contributed by atoms with E-state index in [4.69, 9.17) is 4.74 Å². The number of amides is 3. The number of likely N-dealkylation sites (tertiary alicyclic amines) is 1. The molecule has 2 N–H and O–H groups in total. The number of allylic oxidation sites excluding steroid dienone is 4. The average Bonchev–Trinajstić information content (AvgIpc) is 2.71. The van der Waals surface area contributed by atoms with Crippen LogP contribution in [0.2, 0.25) is 0 Å². The van der Waals surface area contributed by atoms with Gasteiger partial charge in [0.15, 0.2) is 0 Å². The molecule has 2 unspecified atom stereocenters. The third kappa shape index (κ3) is 6.32. The first-order chi connectivity index (χ1) is 14.7. The maximum absolute atomic E-state index is 13.3. The first kappa shape index (κ1) is 24.4. The first-order valence-corrected chi connectivity index (χ1v) is 10.6. The molecular formula is C22H33N3O6. The Morgan fingerprint density at radius 3 is 2.65 bits per heavy atom. The van der Waals surface area contributed by atoms with Crippen molar-refractivity contribution in [3.05, 3.63) is 23.9 Å². The van der Waals surface area contributed by atoms with E-state index < -0.39 is 29.4 Å². The number of nitrogens with zero attached hydrogens (tertiary/aromatic N) is 1. The number of piperidine rings is 1. The van der Waals surface area contributed by atoms with Crippen molar-refractivity contribution in [2.75, 3.05) is 27.3 Å². The summed E-state index contributed by atoms with van der Waals surface area (Å²) in [6.07, 6.45) is 9.13. The molecule has 172 valence electrons. The largest absolute Gasteiger partial charge is 0.467 e. The fraction of sp³-hybridized carbons (Fsp3) is 0.636. The molecule has 2 atom stereocenters. The first-order valence-electron chi connectivity index (χ1n) is 10.6. The van der Waals surface area contributed by atoms with E-state index >= 15 is 0 Å². The zero-order valence-corrected chi connectivity index (χ0v) is 18.7. The van der Waals surface area contributed by atoms with E-state index in [1.807, 2.05) is 12.2 Å². The molecule has 1 aliphatic carbocycles. The van der Waals surface area contributed by atoms with Gasteiger partial charge in [-0.15, -0.1) is 0 Å². The molecule has 0 aromatic heterocycles. The van der Waals surface area contributed by atoms with Gasteiger partial charge in [-0.2, -0.15) is 0 Å². The molecule has 0 radical (unpaired) electrons. The number of hydrogen-bond acceptors (Lipinski definition) is 6. The highest BCUT2D eigenvalue weighted by molar-refractivity contribution is 6.03. The summed E-state index contributed by atoms with van der Waals surface area (Å²) in [4.78, 5) is 51.2. The zero-order chi connectivity index (χ0) is 23.0. The van der Waals surface area contributed by atoms with E-state index in [2.05, 4.69) is 21.4 Å². The number of carbonyl (C=O) groups excluding carboxylic acids is 4. The van der Waals surface area contributed by atoms with Crippen LogP contribution in [0, 0.1) is 11.8 Å². The topological polar surface area (TPSA) is 114 Å². The van der Waals surface area contributed by atoms with Gasteiger partial charge in [-0.25, -0.2) is 9.59 Å². The fourth-order valence-corrected chi connectivity index (χ4v) is 3.94. The third-order valence-corrected chi connectivity index (χ3v) is 5.60. The number of esters is 1. The highest BCUT2D eigenvalue weighted by Gasteiger charge is 2.43. The van der Waals surface area contributed by atoms with E-state index in [1.54, 1.807) is 18.7 Å². The maximum atomic E-state index is 13.3. The third-order valence-electron chi connectivity index (χ3n) is 5.60. The number of ether oxygens (including phenoxy) is 2. The average molecular weight is 436 g/mol. The van der Waals surface area contributed by atoms with Gasteiger partial charge < -0.3 is 25.0 Å². The van der Waals surface area contributed by atoms with Gasteiger partial charge in [-0.05, 0) is 52.0 Å². The summed E-state index contributed by atoms with van der Waals surface area (Å²) in [7, 11) is 2.55. The van der Waals surface area contributed by atoms with Crippen molar-refractivity contribution >= 4 is 23.9 Å². The number of fused-ring (bicyclic) bond motifs is 1. The van der Waals surface area contributed by atoms with Crippen molar-refractivity contribution in [1.82, 2.24) is 15.5 Å². The molecule has 2 rings (SSSR count). The molecule has 9 heteroatoms. The van der Waals surface area contributed by atoms with Crippen LogP contribution in [-0.2, 0) is 23.9 Å². The second-order valence-corrected chi connectivity index (χ2v) is 8.30. The molecule has 1 fully saturated rings. The van der Waals surface area contributed by atoms with Crippen molar-refractivity contribution in [2.24, 2.45) is 11.8 Å². The molecule has 0 bridgehead atoms. The Bertz CT molecular complexity index is 758. The second-order valence-electron chi connectivity index (χ2n) is 8.30. The second kappa shape index (κ2) is 11.0. The molecular weight excluding hydrogens is 402 g/mol. The van der Waals surface area contributed by atoms with Crippen molar-refractivity contribution in [3.63, 3.8) is 0 Å². The molecule has 1 heterocycles. The van der Waals surface area contributed by atoms with Crippen LogP contribution in [0.25, 0.3) is 0 Å². The lowest BCUT2D eigenvalue weighted by atomic mass is 9.81. The minimum atomic E-state index is -1.23. The van der Waals surface area contributed by atoms with Gasteiger partial charge in [0, 0.05) is 24.7 Å². The molecule has 2 aliphatic rings. The van der Waals surface area contributed by atoms with E-state index in [9.17, 15) is 19.2 Å². The van der Waals surface area contributed by atoms with E-state index in [1.165, 1.54) is 14.2 Å². The standard InChI is InChI=1S/C22H33N3O6/c1-22(2,20(28)30-3)24-18(26)16-14-15-10-7-5-6-8-11-17(15)25(19(16)27)13-9-12-23-21(29)31-4/h6,8,11,15-16H,5,7,9-10,12-14H2,1-4H3,(H,23,29)(H,24,26). The van der Waals surface area contributed by atoms with Crippen molar-refractivity contribution < 1.29 is 28.7 Å². The Balaban J connectivity index is 2.19. The predicted molar refractivity (Wildman–Crippen MR) is 114 cm³/mol. The molecule has 3 amide bonds. The number of alkyl carbamates (subject to hydrolysis) is 1. The molecule has 0 aromatic rings. The van der Waals surface area contributed by atoms with E-state index in [0.29, 0.717) is 25.9 Å². The SMILES string of the molecule is COC(=O)NCCCN1C(=O)C(C(=O)NC(C)(C)C(=O)OC)CC2CCCC=CC=C21. The summed E-state index contributed by atoms with van der Waals surface area (Å²) in [5.41, 5.74) is -0.337. The van der Waals surface area contributed by atoms with Crippen LogP contribution >= 0.6 is 0 Å². The van der Waals surface area contributed by atoms with Gasteiger partial charge in [0.1, 0.15) is 11.5 Å². The summed E-state index contributed by atoms with van der Waals surface area (Å²) in [5, 5.41) is 5.27. The maximum Gasteiger partial charge on any atom is 0.406 e. The number of methoxy groups -OCH3 is 2. The molecule has 0 spiro atoms. The summed E-state index contributed by atoms with van der Waals surface area (Å²) in [5.74, 6) is -2.18. The summed E-state index contributed by atoms with van der Waals surface area (Å²) in [6, 6.07) is 0. The Morgan fingerprint density at radius 2 is 1.97 bits per heavy atom. The van der Waals surface area contributed by atoms with Crippen molar-refractivity contribution in [3.8, 4) is 0 Å². The van der Waals surface area contributed by atoms with Crippen LogP contribution in [0.15, 0.2) is 23.9 Å². The van der Waals surface area contributed by atoms with Crippen LogP contribution in [-0.4, -0.2) is 61.6 Å². The Labute approximate surface area is 183 Å². The Morgan fingerprint density at radius 1 is 1.23 bits per heavy atom. The molecule has 9 nitrogen and oxygen atoms in total. The predicted octanol–water partition coefficient (Wildman–Crippen LogP) is 1.89. The fourth-order valence-electron chi connectivity index (χ4n) is 3.94. The van der Waals surface area contributed by atoms with Gasteiger partial charge >= 0.3 is 12.1 Å². The van der Waals surface area contributed by atoms with Gasteiger partial charge in [0.25, 0.3) is 0 Å². The van der Waals surface area contributed by atoms with Crippen molar-refractivity contribution in [1.29, 1.82) is 0 Å². The highest BCUT2D eigenvalue weighted by atomic mass is 16.5. The lowest BCUT2D eigenvalue weighted by Crippen LogP contribution is -2.56. The lowest BCUT2D eigenvalue weighted by Gasteiger charge is -2.40. The normalized spacial score (nSPS) is 21.2. The Hall–Kier alpha value is -2.84. The quantitative estimate of drug-likeness (QED) is 0.359. The monoisotopic (exact) mass is 435 g/mol. The molecule has 0 saturated carbocycles. The number of hydrogen-bond donors (Lipinski definition) is 2. The highest BCUT2D eigenvalue weighted by Crippen LogP contribution is 2.36. The Kier molecular flexibility index (Phi) is 8.65. The van der Waals surface area contributed by atoms with Gasteiger partial charge in [-0.3, -0.25) is 9.59 Å². The van der Waals surface area contributed by atoms with Crippen molar-refractivity contribution in [2.45, 2.75) is 51.5 Å². The summed E-state index contributed by atoms with van der Waals surface area (Å²) >= 11 is 0. The minimum Gasteiger partial charge on any atom is -0.467 e. The number of rotatable bonds is 7. The van der Waals surface area contributed by atoms with Crippen LogP contribution in [0.4, 0.5) is 4.79 Å². The van der Waals surface area contributed by atoms with Crippen LogP contribution in [0.1, 0.15) is 46.0 Å². The zero-order valence-electron chi connectivity index (χ0n) is 18.7. The van der Waals surface area contributed by atoms with Gasteiger partial charge in [0.2, 0.25) is 11.8 Å². The molecule has 0 aromatic carbocycles. The number of carbonyl (C=O) groups is 4. The number of nitrogens with one attached hydrogen (secondary N) is 2. The van der Waals surface area contributed by atoms with Crippen LogP contribution < -0.4 is 10.6 Å². The molecule has 31 heavy (non-hydrogen) atoms. The van der Waals surface area contributed by atoms with E-state index in [0.717, 1.165) is 25.0 Å². The smallest absolute Gasteiger partial charge is 0.406 e.